The fourth-order valence-electron chi connectivity index (χ4n) is 1.70. The quantitative estimate of drug-likeness (QED) is 0.898. The zero-order valence-corrected chi connectivity index (χ0v) is 10.3. The zero-order valence-electron chi connectivity index (χ0n) is 10.3. The molecule has 1 aromatic heterocycles. The van der Waals surface area contributed by atoms with Crippen LogP contribution in [0, 0.1) is 6.92 Å². The van der Waals surface area contributed by atoms with Crippen LogP contribution in [0.5, 0.6) is 0 Å². The maximum Gasteiger partial charge on any atom is 0.313 e. The van der Waals surface area contributed by atoms with Crippen molar-refractivity contribution in [3.8, 4) is 11.3 Å². The minimum Gasteiger partial charge on any atom is -0.481 e. The van der Waals surface area contributed by atoms with E-state index < -0.39 is 11.9 Å². The van der Waals surface area contributed by atoms with E-state index in [9.17, 15) is 4.79 Å². The van der Waals surface area contributed by atoms with Gasteiger partial charge in [-0.1, -0.05) is 24.3 Å². The second-order valence-electron chi connectivity index (χ2n) is 4.17. The Morgan fingerprint density at radius 2 is 2.00 bits per heavy atom. The second-order valence-corrected chi connectivity index (χ2v) is 4.17. The first-order valence-electron chi connectivity index (χ1n) is 5.71. The van der Waals surface area contributed by atoms with Gasteiger partial charge in [-0.25, -0.2) is 9.97 Å². The molecule has 0 saturated heterocycles. The average Bonchev–Trinajstić information content (AvgIpc) is 2.38. The van der Waals surface area contributed by atoms with Crippen LogP contribution in [0.2, 0.25) is 0 Å². The summed E-state index contributed by atoms with van der Waals surface area (Å²) in [6.45, 7) is 3.58. The van der Waals surface area contributed by atoms with E-state index in [0.29, 0.717) is 5.82 Å². The number of carbonyl (C=O) groups is 1. The van der Waals surface area contributed by atoms with E-state index in [-0.39, 0.29) is 0 Å². The first kappa shape index (κ1) is 12.2. The molecule has 2 aromatic rings. The molecule has 1 heterocycles. The van der Waals surface area contributed by atoms with Crippen molar-refractivity contribution in [2.24, 2.45) is 0 Å². The lowest BCUT2D eigenvalue weighted by molar-refractivity contribution is -0.138. The molecule has 0 bridgehead atoms. The van der Waals surface area contributed by atoms with E-state index in [0.717, 1.165) is 16.8 Å². The lowest BCUT2D eigenvalue weighted by Gasteiger charge is -2.08. The lowest BCUT2D eigenvalue weighted by atomic mass is 10.1. The summed E-state index contributed by atoms with van der Waals surface area (Å²) in [5.41, 5.74) is 2.86. The van der Waals surface area contributed by atoms with Crippen molar-refractivity contribution in [3.63, 3.8) is 0 Å². The molecule has 0 saturated carbocycles. The molecule has 1 unspecified atom stereocenters. The molecule has 4 nitrogen and oxygen atoms in total. The van der Waals surface area contributed by atoms with Crippen LogP contribution in [0.1, 0.15) is 24.2 Å². The summed E-state index contributed by atoms with van der Waals surface area (Å²) in [5.74, 6) is -1.28. The molecule has 0 radical (unpaired) electrons. The molecule has 0 amide bonds. The maximum atomic E-state index is 10.9. The van der Waals surface area contributed by atoms with Crippen LogP contribution < -0.4 is 0 Å². The molecular weight excluding hydrogens is 228 g/mol. The van der Waals surface area contributed by atoms with Crippen molar-refractivity contribution in [2.45, 2.75) is 19.8 Å². The number of carboxylic acid groups (broad SMARTS) is 1. The number of carboxylic acids is 1. The van der Waals surface area contributed by atoms with Crippen LogP contribution in [0.25, 0.3) is 11.3 Å². The molecule has 4 heteroatoms. The molecule has 0 aliphatic carbocycles. The van der Waals surface area contributed by atoms with E-state index in [1.807, 2.05) is 31.2 Å². The number of aryl methyl sites for hydroxylation is 1. The summed E-state index contributed by atoms with van der Waals surface area (Å²) < 4.78 is 0. The monoisotopic (exact) mass is 242 g/mol. The minimum atomic E-state index is -0.920. The van der Waals surface area contributed by atoms with Gasteiger partial charge >= 0.3 is 5.97 Å². The van der Waals surface area contributed by atoms with E-state index in [4.69, 9.17) is 5.11 Å². The number of benzene rings is 1. The third kappa shape index (κ3) is 2.37. The first-order valence-corrected chi connectivity index (χ1v) is 5.71. The maximum absolute atomic E-state index is 10.9. The Labute approximate surface area is 105 Å². The lowest BCUT2D eigenvalue weighted by Crippen LogP contribution is -2.11. The highest BCUT2D eigenvalue weighted by Crippen LogP contribution is 2.22. The van der Waals surface area contributed by atoms with E-state index in [2.05, 4.69) is 9.97 Å². The number of rotatable bonds is 3. The molecule has 1 N–H and O–H groups in total. The van der Waals surface area contributed by atoms with Crippen LogP contribution in [-0.4, -0.2) is 21.0 Å². The van der Waals surface area contributed by atoms with Gasteiger partial charge in [-0.15, -0.1) is 0 Å². The van der Waals surface area contributed by atoms with Gasteiger partial charge in [0.05, 0.1) is 5.69 Å². The predicted octanol–water partition coefficient (Wildman–Crippen LogP) is 2.64. The smallest absolute Gasteiger partial charge is 0.313 e. The SMILES string of the molecule is Cc1ccccc1-c1ccnc(C(C)C(=O)O)n1. The number of hydrogen-bond acceptors (Lipinski definition) is 3. The topological polar surface area (TPSA) is 63.1 Å². The van der Waals surface area contributed by atoms with Crippen LogP contribution in [0.4, 0.5) is 0 Å². The van der Waals surface area contributed by atoms with Crippen molar-refractivity contribution in [3.05, 3.63) is 47.9 Å². The van der Waals surface area contributed by atoms with E-state index in [1.54, 1.807) is 19.2 Å². The fraction of sp³-hybridized carbons (Fsp3) is 0.214. The third-order valence-electron chi connectivity index (χ3n) is 2.85. The predicted molar refractivity (Wildman–Crippen MR) is 68.3 cm³/mol. The summed E-state index contributed by atoms with van der Waals surface area (Å²) in [6, 6.07) is 9.65. The van der Waals surface area contributed by atoms with Gasteiger partial charge in [-0.05, 0) is 25.5 Å². The Bertz CT molecular complexity index is 582. The van der Waals surface area contributed by atoms with Crippen LogP contribution in [0.15, 0.2) is 36.5 Å². The van der Waals surface area contributed by atoms with Gasteiger partial charge in [0.25, 0.3) is 0 Å². The Balaban J connectivity index is 2.45. The largest absolute Gasteiger partial charge is 0.481 e. The molecule has 18 heavy (non-hydrogen) atoms. The molecular formula is C14H14N2O2. The summed E-state index contributed by atoms with van der Waals surface area (Å²) in [5, 5.41) is 8.97. The van der Waals surface area contributed by atoms with Gasteiger partial charge < -0.3 is 5.11 Å². The van der Waals surface area contributed by atoms with Crippen molar-refractivity contribution < 1.29 is 9.90 Å². The highest BCUT2D eigenvalue weighted by Gasteiger charge is 2.17. The van der Waals surface area contributed by atoms with Crippen LogP contribution >= 0.6 is 0 Å². The number of aliphatic carboxylic acids is 1. The number of nitrogens with zero attached hydrogens (tertiary/aromatic N) is 2. The Morgan fingerprint density at radius 3 is 2.67 bits per heavy atom. The van der Waals surface area contributed by atoms with Gasteiger partial charge in [0.15, 0.2) is 0 Å². The molecule has 2 rings (SSSR count). The number of aromatic nitrogens is 2. The Morgan fingerprint density at radius 1 is 1.28 bits per heavy atom. The van der Waals surface area contributed by atoms with Gasteiger partial charge in [-0.2, -0.15) is 0 Å². The van der Waals surface area contributed by atoms with E-state index >= 15 is 0 Å². The van der Waals surface area contributed by atoms with E-state index in [1.165, 1.54) is 0 Å². The summed E-state index contributed by atoms with van der Waals surface area (Å²) in [6.07, 6.45) is 1.60. The first-order chi connectivity index (χ1) is 8.59. The molecule has 0 fully saturated rings. The molecule has 0 aliphatic rings. The van der Waals surface area contributed by atoms with Gasteiger partial charge in [-0.3, -0.25) is 4.79 Å². The summed E-state index contributed by atoms with van der Waals surface area (Å²) in [7, 11) is 0. The van der Waals surface area contributed by atoms with Gasteiger partial charge in [0.2, 0.25) is 0 Å². The summed E-state index contributed by atoms with van der Waals surface area (Å²) >= 11 is 0. The number of hydrogen-bond donors (Lipinski definition) is 1. The molecule has 92 valence electrons. The minimum absolute atomic E-state index is 0.336. The van der Waals surface area contributed by atoms with Crippen molar-refractivity contribution in [1.29, 1.82) is 0 Å². The van der Waals surface area contributed by atoms with Crippen LogP contribution in [0.3, 0.4) is 0 Å². The standard InChI is InChI=1S/C14H14N2O2/c1-9-5-3-4-6-11(9)12-7-8-15-13(16-12)10(2)14(17)18/h3-8,10H,1-2H3,(H,17,18). The highest BCUT2D eigenvalue weighted by atomic mass is 16.4. The molecule has 1 aromatic carbocycles. The van der Waals surface area contributed by atoms with Crippen molar-refractivity contribution >= 4 is 5.97 Å². The molecule has 1 atom stereocenters. The normalized spacial score (nSPS) is 12.1. The Hall–Kier alpha value is -2.23. The van der Waals surface area contributed by atoms with Crippen molar-refractivity contribution in [2.75, 3.05) is 0 Å². The van der Waals surface area contributed by atoms with Gasteiger partial charge in [0, 0.05) is 11.8 Å². The second kappa shape index (κ2) is 4.96. The average molecular weight is 242 g/mol. The Kier molecular flexibility index (Phi) is 3.37. The summed E-state index contributed by atoms with van der Waals surface area (Å²) in [4.78, 5) is 19.3. The fourth-order valence-corrected chi connectivity index (χ4v) is 1.70. The van der Waals surface area contributed by atoms with Crippen LogP contribution in [-0.2, 0) is 4.79 Å². The molecule has 0 spiro atoms. The van der Waals surface area contributed by atoms with Gasteiger partial charge in [0.1, 0.15) is 11.7 Å². The van der Waals surface area contributed by atoms with Crippen molar-refractivity contribution in [1.82, 2.24) is 9.97 Å². The third-order valence-corrected chi connectivity index (χ3v) is 2.85. The zero-order chi connectivity index (χ0) is 13.1. The molecule has 0 aliphatic heterocycles. The highest BCUT2D eigenvalue weighted by molar-refractivity contribution is 5.74.